The lowest BCUT2D eigenvalue weighted by Gasteiger charge is -2.77. The lowest BCUT2D eigenvalue weighted by Crippen LogP contribution is -2.77. The standard InChI is InChI=1S/C53H84N2O7/c1-31(2)32-17-22-51(41(57)54-38-29-34(45(38,6)7)40(56)55-25-27-62-28-26-55)24-23-49(13)33(39(32)51)15-16-37-48(12)20-18-36(46(8,9)35(48)19-21-50(37,49)14)52(42(58)59)30-53(43(60)61,44(3,4)5)47(52,10)11/h32-39H,1,15-30H2,2-14H3,(H,54,57)(H,58,59)(H,60,61)/t32-,33+,34-,35+,36-,37+,38-,39+,48+,49+,50+,51-,52-,53+/m0/s1. The minimum Gasteiger partial charge on any atom is -0.481 e. The monoisotopic (exact) mass is 861 g/mol. The number of carboxylic acids is 2. The van der Waals surface area contributed by atoms with Crippen molar-refractivity contribution in [1.82, 2.24) is 10.2 Å². The summed E-state index contributed by atoms with van der Waals surface area (Å²) in [5, 5.41) is 25.8. The first-order valence-corrected chi connectivity index (χ1v) is 24.8. The Balaban J connectivity index is 1.06. The van der Waals surface area contributed by atoms with Gasteiger partial charge in [-0.15, -0.1) is 0 Å². The Morgan fingerprint density at radius 1 is 0.726 bits per heavy atom. The number of ether oxygens (including phenoxy) is 1. The van der Waals surface area contributed by atoms with E-state index in [1.54, 1.807) is 0 Å². The highest BCUT2D eigenvalue weighted by Crippen LogP contribution is 2.83. The molecule has 0 spiro atoms. The number of nitrogens with one attached hydrogen (secondary N) is 1. The molecule has 3 N–H and O–H groups in total. The molecule has 62 heavy (non-hydrogen) atoms. The molecule has 0 aromatic heterocycles. The molecule has 0 radical (unpaired) electrons. The number of fused-ring (bicyclic) bond motifs is 7. The molecule has 9 heteroatoms. The van der Waals surface area contributed by atoms with Crippen LogP contribution in [0.15, 0.2) is 12.2 Å². The van der Waals surface area contributed by atoms with E-state index < -0.39 is 39.0 Å². The Hall–Kier alpha value is -2.42. The lowest BCUT2D eigenvalue weighted by atomic mass is 9.25. The van der Waals surface area contributed by atoms with Crippen molar-refractivity contribution in [1.29, 1.82) is 0 Å². The number of hydrogen-bond donors (Lipinski definition) is 3. The second-order valence-corrected chi connectivity index (χ2v) is 26.4. The van der Waals surface area contributed by atoms with Crippen LogP contribution >= 0.6 is 0 Å². The predicted octanol–water partition coefficient (Wildman–Crippen LogP) is 10.3. The molecule has 1 saturated heterocycles. The Labute approximate surface area is 374 Å². The van der Waals surface area contributed by atoms with E-state index in [9.17, 15) is 24.6 Å². The molecule has 0 bridgehead atoms. The van der Waals surface area contributed by atoms with Crippen molar-refractivity contribution in [2.24, 2.45) is 95.6 Å². The average Bonchev–Trinajstić information content (AvgIpc) is 3.58. The average molecular weight is 861 g/mol. The van der Waals surface area contributed by atoms with E-state index in [0.717, 1.165) is 64.2 Å². The molecule has 348 valence electrons. The van der Waals surface area contributed by atoms with Gasteiger partial charge in [0.25, 0.3) is 0 Å². The van der Waals surface area contributed by atoms with Gasteiger partial charge in [-0.3, -0.25) is 19.2 Å². The maximum atomic E-state index is 15.1. The lowest BCUT2D eigenvalue weighted by molar-refractivity contribution is -0.301. The maximum absolute atomic E-state index is 15.1. The second kappa shape index (κ2) is 14.0. The number of allylic oxidation sites excluding steroid dienone is 1. The summed E-state index contributed by atoms with van der Waals surface area (Å²) in [6.45, 7) is 35.9. The van der Waals surface area contributed by atoms with Gasteiger partial charge in [-0.1, -0.05) is 95.2 Å². The number of carbonyl (C=O) groups is 4. The number of carbonyl (C=O) groups excluding carboxylic acids is 2. The molecule has 14 atom stereocenters. The number of rotatable bonds is 7. The fourth-order valence-corrected chi connectivity index (χ4v) is 19.4. The third-order valence-electron chi connectivity index (χ3n) is 23.1. The number of hydrogen-bond acceptors (Lipinski definition) is 5. The Morgan fingerprint density at radius 3 is 1.90 bits per heavy atom. The van der Waals surface area contributed by atoms with Gasteiger partial charge in [0.05, 0.1) is 29.5 Å². The van der Waals surface area contributed by atoms with Crippen LogP contribution in [0.4, 0.5) is 0 Å². The summed E-state index contributed by atoms with van der Waals surface area (Å²) >= 11 is 0. The number of amides is 2. The number of morpholine rings is 1. The van der Waals surface area contributed by atoms with E-state index in [1.165, 1.54) is 5.57 Å². The van der Waals surface area contributed by atoms with Crippen LogP contribution in [0.2, 0.25) is 0 Å². The second-order valence-electron chi connectivity index (χ2n) is 26.4. The van der Waals surface area contributed by atoms with Crippen LogP contribution < -0.4 is 5.32 Å². The topological polar surface area (TPSA) is 133 Å². The zero-order valence-electron chi connectivity index (χ0n) is 41.0. The van der Waals surface area contributed by atoms with Crippen molar-refractivity contribution >= 4 is 23.8 Å². The third-order valence-corrected chi connectivity index (χ3v) is 23.1. The van der Waals surface area contributed by atoms with Crippen LogP contribution in [0.5, 0.6) is 0 Å². The fraction of sp³-hybridized carbons (Fsp3) is 0.887. The van der Waals surface area contributed by atoms with Gasteiger partial charge < -0.3 is 25.2 Å². The van der Waals surface area contributed by atoms with Crippen molar-refractivity contribution in [3.05, 3.63) is 12.2 Å². The summed E-state index contributed by atoms with van der Waals surface area (Å²) in [6.07, 6.45) is 10.8. The molecule has 0 aromatic carbocycles. The molecule has 1 heterocycles. The highest BCUT2D eigenvalue weighted by molar-refractivity contribution is 5.88. The summed E-state index contributed by atoms with van der Waals surface area (Å²) in [4.78, 5) is 57.8. The molecule has 7 aliphatic carbocycles. The molecule has 0 unspecified atom stereocenters. The highest BCUT2D eigenvalue weighted by Gasteiger charge is 2.83. The van der Waals surface area contributed by atoms with Crippen LogP contribution in [0.25, 0.3) is 0 Å². The van der Waals surface area contributed by atoms with Gasteiger partial charge >= 0.3 is 11.9 Å². The Kier molecular flexibility index (Phi) is 10.5. The SMILES string of the molecule is C=C(C)[C@@H]1CC[C@]2(C(=O)N[C@H]3C[C@@H](C(=O)N4CCOCC4)C3(C)C)CC[C@]3(C)[C@H](CC[C@@H]4[C@]5(C)CC[C@H]([C@]6(C(=O)O)C[C@@](C(=O)O)(C(C)(C)C)C6(C)C)C(C)(C)[C@H]5CC[C@]43C)[C@@H]12. The van der Waals surface area contributed by atoms with Crippen molar-refractivity contribution in [3.8, 4) is 0 Å². The first-order valence-electron chi connectivity index (χ1n) is 24.8. The van der Waals surface area contributed by atoms with Gasteiger partial charge in [-0.2, -0.15) is 0 Å². The number of aliphatic carboxylic acids is 2. The quantitative estimate of drug-likeness (QED) is 0.217. The fourth-order valence-electron chi connectivity index (χ4n) is 19.4. The van der Waals surface area contributed by atoms with Crippen molar-refractivity contribution in [2.45, 2.75) is 173 Å². The molecule has 9 nitrogen and oxygen atoms in total. The van der Waals surface area contributed by atoms with Gasteiger partial charge in [-0.05, 0) is 157 Å². The maximum Gasteiger partial charge on any atom is 0.310 e. The molecule has 8 fully saturated rings. The van der Waals surface area contributed by atoms with E-state index >= 15 is 4.79 Å². The summed E-state index contributed by atoms with van der Waals surface area (Å²) in [7, 11) is 0. The molecule has 8 aliphatic rings. The van der Waals surface area contributed by atoms with Crippen molar-refractivity contribution in [2.75, 3.05) is 26.3 Å². The van der Waals surface area contributed by atoms with Crippen LogP contribution in [0, 0.1) is 95.6 Å². The largest absolute Gasteiger partial charge is 0.481 e. The van der Waals surface area contributed by atoms with E-state index in [-0.39, 0.29) is 69.1 Å². The van der Waals surface area contributed by atoms with Gasteiger partial charge in [-0.25, -0.2) is 0 Å². The molecular weight excluding hydrogens is 777 g/mol. The van der Waals surface area contributed by atoms with Crippen LogP contribution in [-0.2, 0) is 23.9 Å². The van der Waals surface area contributed by atoms with E-state index in [1.807, 2.05) is 39.5 Å². The first kappa shape index (κ1) is 46.1. The molecule has 0 aromatic rings. The van der Waals surface area contributed by atoms with Crippen LogP contribution in [0.3, 0.4) is 0 Å². The molecular formula is C53H84N2O7. The first-order chi connectivity index (χ1) is 28.5. The molecule has 8 rings (SSSR count). The summed E-state index contributed by atoms with van der Waals surface area (Å²) in [5.41, 5.74) is -3.55. The zero-order chi connectivity index (χ0) is 45.8. The van der Waals surface area contributed by atoms with Gasteiger partial charge in [0.2, 0.25) is 11.8 Å². The van der Waals surface area contributed by atoms with Crippen molar-refractivity contribution in [3.63, 3.8) is 0 Å². The number of carboxylic acid groups (broad SMARTS) is 2. The van der Waals surface area contributed by atoms with Crippen LogP contribution in [-0.4, -0.2) is 71.2 Å². The normalized spacial score (nSPS) is 47.5. The summed E-state index contributed by atoms with van der Waals surface area (Å²) in [5.74, 6) is 0.235. The zero-order valence-corrected chi connectivity index (χ0v) is 41.0. The molecule has 1 aliphatic heterocycles. The van der Waals surface area contributed by atoms with Crippen molar-refractivity contribution < 1.29 is 34.1 Å². The molecule has 2 amide bonds. The van der Waals surface area contributed by atoms with Crippen LogP contribution in [0.1, 0.15) is 167 Å². The minimum absolute atomic E-state index is 0.0167. The third kappa shape index (κ3) is 5.47. The van der Waals surface area contributed by atoms with Gasteiger partial charge in [0.1, 0.15) is 0 Å². The van der Waals surface area contributed by atoms with Gasteiger partial charge in [0.15, 0.2) is 0 Å². The Bertz CT molecular complexity index is 1910. The van der Waals surface area contributed by atoms with E-state index in [4.69, 9.17) is 4.74 Å². The van der Waals surface area contributed by atoms with Gasteiger partial charge in [0, 0.05) is 25.0 Å². The predicted molar refractivity (Wildman–Crippen MR) is 242 cm³/mol. The highest BCUT2D eigenvalue weighted by atomic mass is 16.5. The number of nitrogens with zero attached hydrogens (tertiary/aromatic N) is 1. The Morgan fingerprint density at radius 2 is 1.35 bits per heavy atom. The van der Waals surface area contributed by atoms with E-state index in [2.05, 4.69) is 67.3 Å². The molecule has 7 saturated carbocycles. The minimum atomic E-state index is -1.14. The smallest absolute Gasteiger partial charge is 0.310 e. The van der Waals surface area contributed by atoms with E-state index in [0.29, 0.717) is 56.4 Å². The summed E-state index contributed by atoms with van der Waals surface area (Å²) < 4.78 is 5.52. The summed E-state index contributed by atoms with van der Waals surface area (Å²) in [6, 6.07) is -0.0287.